The van der Waals surface area contributed by atoms with Crippen LogP contribution in [0.1, 0.15) is 44.7 Å². The van der Waals surface area contributed by atoms with E-state index in [4.69, 9.17) is 0 Å². The molecule has 108 valence electrons. The molecule has 2 heterocycles. The molecule has 1 fully saturated rings. The molecule has 1 aliphatic heterocycles. The van der Waals surface area contributed by atoms with E-state index in [1.165, 1.54) is 11.1 Å². The first-order valence-corrected chi connectivity index (χ1v) is 7.44. The van der Waals surface area contributed by atoms with Crippen molar-refractivity contribution < 1.29 is 10.5 Å². The van der Waals surface area contributed by atoms with Crippen molar-refractivity contribution in [3.8, 4) is 0 Å². The molecule has 4 N–H and O–H groups in total. The zero-order chi connectivity index (χ0) is 14.5. The van der Waals surface area contributed by atoms with Gasteiger partial charge in [0.25, 0.3) is 0 Å². The topological polar surface area (TPSA) is 69.6 Å². The summed E-state index contributed by atoms with van der Waals surface area (Å²) in [7, 11) is 0. The maximum Gasteiger partial charge on any atom is 0.232 e. The second-order valence-corrected chi connectivity index (χ2v) is 7.46. The highest BCUT2D eigenvalue weighted by atomic mass is 16.2. The Morgan fingerprint density at radius 1 is 1.45 bits per heavy atom. The van der Waals surface area contributed by atoms with E-state index >= 15 is 0 Å². The van der Waals surface area contributed by atoms with Crippen molar-refractivity contribution in [2.24, 2.45) is 11.3 Å². The molecular weight excluding hydrogens is 250 g/mol. The molecule has 1 aromatic rings. The van der Waals surface area contributed by atoms with Gasteiger partial charge in [-0.25, -0.2) is 4.98 Å². The molecule has 2 aliphatic rings. The van der Waals surface area contributed by atoms with E-state index in [0.717, 1.165) is 31.6 Å². The number of rotatable bonds is 1. The summed E-state index contributed by atoms with van der Waals surface area (Å²) in [6.45, 7) is 7.50. The zero-order valence-electron chi connectivity index (χ0n) is 12.6. The van der Waals surface area contributed by atoms with Crippen LogP contribution in [0.3, 0.4) is 0 Å². The van der Waals surface area contributed by atoms with Gasteiger partial charge >= 0.3 is 0 Å². The molecule has 1 aromatic heterocycles. The number of nitrogens with one attached hydrogen (secondary N) is 1. The molecular formula is C16H24N3O+. The Morgan fingerprint density at radius 3 is 2.75 bits per heavy atom. The number of aromatic nitrogens is 1. The van der Waals surface area contributed by atoms with Crippen LogP contribution in [-0.2, 0) is 16.6 Å². The number of hydrogen-bond acceptors (Lipinski definition) is 2. The van der Waals surface area contributed by atoms with Gasteiger partial charge in [-0.15, -0.1) is 0 Å². The molecule has 3 rings (SSSR count). The van der Waals surface area contributed by atoms with Crippen molar-refractivity contribution >= 4 is 11.7 Å². The summed E-state index contributed by atoms with van der Waals surface area (Å²) in [5, 5.41) is 3.01. The van der Waals surface area contributed by atoms with Gasteiger partial charge in [0, 0.05) is 12.1 Å². The average Bonchev–Trinajstić information content (AvgIpc) is 2.33. The van der Waals surface area contributed by atoms with Crippen LogP contribution in [0, 0.1) is 11.3 Å². The summed E-state index contributed by atoms with van der Waals surface area (Å²) in [6.07, 6.45) is 4.67. The van der Waals surface area contributed by atoms with Gasteiger partial charge in [-0.3, -0.25) is 4.79 Å². The van der Waals surface area contributed by atoms with Gasteiger partial charge in [0.15, 0.2) is 0 Å². The van der Waals surface area contributed by atoms with Crippen molar-refractivity contribution in [1.29, 1.82) is 0 Å². The van der Waals surface area contributed by atoms with E-state index in [2.05, 4.69) is 42.9 Å². The van der Waals surface area contributed by atoms with Gasteiger partial charge < -0.3 is 11.1 Å². The minimum absolute atomic E-state index is 0.0894. The fourth-order valence-corrected chi connectivity index (χ4v) is 3.43. The normalized spacial score (nSPS) is 28.8. The van der Waals surface area contributed by atoms with Crippen molar-refractivity contribution in [2.45, 2.75) is 45.4 Å². The monoisotopic (exact) mass is 274 g/mol. The van der Waals surface area contributed by atoms with Crippen molar-refractivity contribution in [2.75, 3.05) is 11.9 Å². The molecule has 0 saturated heterocycles. The third kappa shape index (κ3) is 2.03. The zero-order valence-corrected chi connectivity index (χ0v) is 12.6. The van der Waals surface area contributed by atoms with Gasteiger partial charge in [-0.2, -0.15) is 0 Å². The number of anilines is 1. The van der Waals surface area contributed by atoms with Crippen molar-refractivity contribution in [3.63, 3.8) is 0 Å². The lowest BCUT2D eigenvalue weighted by Crippen LogP contribution is -2.61. The van der Waals surface area contributed by atoms with Gasteiger partial charge in [0.05, 0.1) is 12.0 Å². The molecule has 0 unspecified atom stereocenters. The molecule has 0 atom stereocenters. The Hall–Kier alpha value is -1.42. The van der Waals surface area contributed by atoms with Gasteiger partial charge in [0.2, 0.25) is 5.91 Å². The van der Waals surface area contributed by atoms with E-state index in [9.17, 15) is 4.79 Å². The predicted octanol–water partition coefficient (Wildman–Crippen LogP) is 1.51. The number of nitrogens with zero attached hydrogens (tertiary/aromatic N) is 1. The van der Waals surface area contributed by atoms with Crippen LogP contribution in [-0.4, -0.2) is 17.4 Å². The van der Waals surface area contributed by atoms with Crippen molar-refractivity contribution in [3.05, 3.63) is 23.4 Å². The summed E-state index contributed by atoms with van der Waals surface area (Å²) in [6, 6.07) is 2.22. The smallest absolute Gasteiger partial charge is 0.232 e. The molecule has 4 heteroatoms. The van der Waals surface area contributed by atoms with Crippen LogP contribution in [0.5, 0.6) is 0 Å². The first-order valence-electron chi connectivity index (χ1n) is 7.44. The average molecular weight is 274 g/mol. The standard InChI is InChI=1S/C16H23N3O/c1-15(2,3)12-4-11-7-16(5-10(6-16)8-17)14(20)19-13(11)18-9-12/h4,9-10H,5-8,17H2,1-3H3,(H,18,19,20)/p+1. The van der Waals surface area contributed by atoms with E-state index < -0.39 is 0 Å². The van der Waals surface area contributed by atoms with Crippen LogP contribution >= 0.6 is 0 Å². The molecule has 1 amide bonds. The number of quaternary nitrogens is 1. The molecule has 4 nitrogen and oxygen atoms in total. The lowest BCUT2D eigenvalue weighted by atomic mass is 9.58. The highest BCUT2D eigenvalue weighted by Crippen LogP contribution is 2.51. The molecule has 1 aliphatic carbocycles. The van der Waals surface area contributed by atoms with Gasteiger partial charge in [-0.05, 0) is 35.8 Å². The highest BCUT2D eigenvalue weighted by Gasteiger charge is 2.52. The Bertz CT molecular complexity index is 553. The summed E-state index contributed by atoms with van der Waals surface area (Å²) < 4.78 is 0. The number of amides is 1. The van der Waals surface area contributed by atoms with Crippen LogP contribution < -0.4 is 11.1 Å². The molecule has 0 radical (unpaired) electrons. The molecule has 1 saturated carbocycles. The number of pyridine rings is 1. The summed E-state index contributed by atoms with van der Waals surface area (Å²) >= 11 is 0. The Morgan fingerprint density at radius 2 is 2.15 bits per heavy atom. The van der Waals surface area contributed by atoms with Gasteiger partial charge in [0.1, 0.15) is 5.82 Å². The fraction of sp³-hybridized carbons (Fsp3) is 0.625. The molecule has 1 spiro atoms. The van der Waals surface area contributed by atoms with E-state index in [1.807, 2.05) is 6.20 Å². The summed E-state index contributed by atoms with van der Waals surface area (Å²) in [5.41, 5.74) is 6.29. The van der Waals surface area contributed by atoms with Crippen molar-refractivity contribution in [1.82, 2.24) is 4.98 Å². The number of carbonyl (C=O) groups is 1. The first-order chi connectivity index (χ1) is 9.34. The largest absolute Gasteiger partial charge is 0.357 e. The lowest BCUT2D eigenvalue weighted by Gasteiger charge is -2.47. The number of fused-ring (bicyclic) bond motifs is 1. The number of carbonyl (C=O) groups excluding carboxylic acids is 1. The Kier molecular flexibility index (Phi) is 2.91. The van der Waals surface area contributed by atoms with E-state index in [-0.39, 0.29) is 16.7 Å². The highest BCUT2D eigenvalue weighted by molar-refractivity contribution is 5.98. The van der Waals surface area contributed by atoms with E-state index in [1.54, 1.807) is 0 Å². The van der Waals surface area contributed by atoms with E-state index in [0.29, 0.717) is 5.92 Å². The number of hydrogen-bond donors (Lipinski definition) is 2. The third-order valence-corrected chi connectivity index (χ3v) is 4.84. The van der Waals surface area contributed by atoms with Gasteiger partial charge in [-0.1, -0.05) is 26.8 Å². The SMILES string of the molecule is CC(C)(C)c1cnc2c(c1)CC1(CC(C[NH3+])C1)C(=O)N2. The maximum atomic E-state index is 12.3. The first kappa shape index (κ1) is 13.6. The predicted molar refractivity (Wildman–Crippen MR) is 78.2 cm³/mol. The Balaban J connectivity index is 1.91. The minimum atomic E-state index is -0.187. The quantitative estimate of drug-likeness (QED) is 0.815. The second-order valence-electron chi connectivity index (χ2n) is 7.46. The Labute approximate surface area is 120 Å². The summed E-state index contributed by atoms with van der Waals surface area (Å²) in [4.78, 5) is 16.8. The van der Waals surface area contributed by atoms with Crippen LogP contribution in [0.15, 0.2) is 12.3 Å². The molecule has 20 heavy (non-hydrogen) atoms. The fourth-order valence-electron chi connectivity index (χ4n) is 3.43. The minimum Gasteiger partial charge on any atom is -0.357 e. The van der Waals surface area contributed by atoms with Crippen LogP contribution in [0.4, 0.5) is 5.82 Å². The maximum absolute atomic E-state index is 12.3. The lowest BCUT2D eigenvalue weighted by molar-refractivity contribution is -0.387. The summed E-state index contributed by atoms with van der Waals surface area (Å²) in [5.74, 6) is 1.53. The van der Waals surface area contributed by atoms with Crippen LogP contribution in [0.2, 0.25) is 0 Å². The third-order valence-electron chi connectivity index (χ3n) is 4.84. The second kappa shape index (κ2) is 4.29. The molecule has 0 aromatic carbocycles. The van der Waals surface area contributed by atoms with Crippen LogP contribution in [0.25, 0.3) is 0 Å². The molecule has 0 bridgehead atoms.